The molecular formula is C22H26FN5O2. The molecule has 0 atom stereocenters. The normalized spacial score (nSPS) is 17.8. The van der Waals surface area contributed by atoms with Gasteiger partial charge in [0.2, 0.25) is 5.95 Å². The van der Waals surface area contributed by atoms with Crippen LogP contribution in [0.15, 0.2) is 30.5 Å². The molecule has 0 saturated heterocycles. The van der Waals surface area contributed by atoms with Crippen molar-refractivity contribution in [3.05, 3.63) is 41.8 Å². The number of alkyl carbamates (subject to hydrolysis) is 1. The third-order valence-corrected chi connectivity index (χ3v) is 4.40. The van der Waals surface area contributed by atoms with Crippen molar-refractivity contribution in [2.75, 3.05) is 17.7 Å². The summed E-state index contributed by atoms with van der Waals surface area (Å²) in [5.74, 6) is 7.22. The molecule has 1 amide bonds. The number of amides is 1. The molecule has 1 heterocycles. The molecule has 30 heavy (non-hydrogen) atoms. The fraction of sp³-hybridized carbons (Fsp3) is 0.409. The number of ether oxygens (including phenoxy) is 1. The summed E-state index contributed by atoms with van der Waals surface area (Å²) in [7, 11) is 1.76. The van der Waals surface area contributed by atoms with Gasteiger partial charge >= 0.3 is 6.09 Å². The zero-order valence-corrected chi connectivity index (χ0v) is 17.5. The Kier molecular flexibility index (Phi) is 6.40. The Bertz CT molecular complexity index is 954. The lowest BCUT2D eigenvalue weighted by atomic mass is 9.81. The third-order valence-electron chi connectivity index (χ3n) is 4.40. The van der Waals surface area contributed by atoms with Crippen LogP contribution in [0.5, 0.6) is 0 Å². The second-order valence-corrected chi connectivity index (χ2v) is 8.12. The van der Waals surface area contributed by atoms with Gasteiger partial charge in [-0.25, -0.2) is 14.2 Å². The number of carbonyl (C=O) groups is 1. The number of halogens is 1. The van der Waals surface area contributed by atoms with E-state index >= 15 is 0 Å². The molecule has 1 aliphatic carbocycles. The van der Waals surface area contributed by atoms with Crippen LogP contribution in [-0.2, 0) is 4.74 Å². The highest BCUT2D eigenvalue weighted by atomic mass is 19.1. The van der Waals surface area contributed by atoms with E-state index in [4.69, 9.17) is 4.74 Å². The molecular weight excluding hydrogens is 385 g/mol. The fourth-order valence-corrected chi connectivity index (χ4v) is 2.89. The first kappa shape index (κ1) is 21.4. The van der Waals surface area contributed by atoms with Crippen molar-refractivity contribution in [1.82, 2.24) is 15.3 Å². The number of hydrogen-bond acceptors (Lipinski definition) is 6. The molecule has 1 aliphatic rings. The number of nitrogens with zero attached hydrogens (tertiary/aromatic N) is 2. The van der Waals surface area contributed by atoms with Crippen LogP contribution < -0.4 is 16.0 Å². The molecule has 0 spiro atoms. The standard InChI is InChI=1S/C22H26FN5O2/c1-22(2,3)30-21(29)27-18-11-14(12-18)5-6-15-13-25-20(28-19(15)24-4)26-17-9-7-16(23)8-10-17/h7-10,13-14,18H,11-12H2,1-4H3,(H,27,29)(H2,24,25,26,28). The molecule has 8 heteroatoms. The number of benzene rings is 1. The van der Waals surface area contributed by atoms with Crippen LogP contribution in [-0.4, -0.2) is 34.8 Å². The van der Waals surface area contributed by atoms with Gasteiger partial charge in [-0.15, -0.1) is 0 Å². The fourth-order valence-electron chi connectivity index (χ4n) is 2.89. The van der Waals surface area contributed by atoms with E-state index in [0.717, 1.165) is 12.8 Å². The van der Waals surface area contributed by atoms with Crippen LogP contribution in [0.2, 0.25) is 0 Å². The molecule has 1 aromatic carbocycles. The van der Waals surface area contributed by atoms with Crippen LogP contribution in [0.3, 0.4) is 0 Å². The van der Waals surface area contributed by atoms with Crippen molar-refractivity contribution in [3.63, 3.8) is 0 Å². The molecule has 3 rings (SSSR count). The van der Waals surface area contributed by atoms with Crippen LogP contribution in [0.1, 0.15) is 39.2 Å². The summed E-state index contributed by atoms with van der Waals surface area (Å²) < 4.78 is 18.3. The maximum Gasteiger partial charge on any atom is 0.407 e. The van der Waals surface area contributed by atoms with Gasteiger partial charge in [-0.2, -0.15) is 4.98 Å². The van der Waals surface area contributed by atoms with Gasteiger partial charge in [-0.05, 0) is 57.9 Å². The quantitative estimate of drug-likeness (QED) is 0.658. The minimum Gasteiger partial charge on any atom is -0.444 e. The van der Waals surface area contributed by atoms with Gasteiger partial charge in [0.1, 0.15) is 17.2 Å². The zero-order chi connectivity index (χ0) is 21.7. The van der Waals surface area contributed by atoms with Gasteiger partial charge in [0.15, 0.2) is 0 Å². The van der Waals surface area contributed by atoms with E-state index in [-0.39, 0.29) is 17.8 Å². The Morgan fingerprint density at radius 1 is 1.23 bits per heavy atom. The lowest BCUT2D eigenvalue weighted by Crippen LogP contribution is -2.45. The van der Waals surface area contributed by atoms with E-state index in [9.17, 15) is 9.18 Å². The summed E-state index contributed by atoms with van der Waals surface area (Å²) in [6.45, 7) is 5.51. The van der Waals surface area contributed by atoms with Crippen LogP contribution in [0, 0.1) is 23.6 Å². The SMILES string of the molecule is CNc1nc(Nc2ccc(F)cc2)ncc1C#CC1CC(NC(=O)OC(C)(C)C)C1. The van der Waals surface area contributed by atoms with Crippen molar-refractivity contribution in [2.24, 2.45) is 5.92 Å². The number of aromatic nitrogens is 2. The van der Waals surface area contributed by atoms with Crippen LogP contribution in [0.25, 0.3) is 0 Å². The smallest absolute Gasteiger partial charge is 0.407 e. The number of rotatable bonds is 4. The second-order valence-electron chi connectivity index (χ2n) is 8.12. The van der Waals surface area contributed by atoms with E-state index < -0.39 is 11.7 Å². The minimum atomic E-state index is -0.506. The highest BCUT2D eigenvalue weighted by molar-refractivity contribution is 5.68. The summed E-state index contributed by atoms with van der Waals surface area (Å²) in [5, 5.41) is 8.91. The first-order chi connectivity index (χ1) is 14.2. The van der Waals surface area contributed by atoms with Crippen molar-refractivity contribution < 1.29 is 13.9 Å². The van der Waals surface area contributed by atoms with E-state index in [0.29, 0.717) is 23.0 Å². The van der Waals surface area contributed by atoms with Gasteiger partial charge in [-0.3, -0.25) is 0 Å². The van der Waals surface area contributed by atoms with E-state index in [2.05, 4.69) is 37.8 Å². The molecule has 0 bridgehead atoms. The molecule has 2 aromatic rings. The van der Waals surface area contributed by atoms with E-state index in [1.165, 1.54) is 12.1 Å². The lowest BCUT2D eigenvalue weighted by Gasteiger charge is -2.33. The summed E-state index contributed by atoms with van der Waals surface area (Å²) in [4.78, 5) is 20.5. The molecule has 0 aliphatic heterocycles. The van der Waals surface area contributed by atoms with Crippen molar-refractivity contribution in [2.45, 2.75) is 45.3 Å². The third kappa shape index (κ3) is 6.08. The van der Waals surface area contributed by atoms with Crippen LogP contribution >= 0.6 is 0 Å². The highest BCUT2D eigenvalue weighted by Gasteiger charge is 2.30. The Morgan fingerprint density at radius 2 is 1.93 bits per heavy atom. The Balaban J connectivity index is 1.56. The Hall–Kier alpha value is -3.34. The number of hydrogen-bond donors (Lipinski definition) is 3. The zero-order valence-electron chi connectivity index (χ0n) is 17.5. The average Bonchev–Trinajstić information content (AvgIpc) is 2.64. The maximum absolute atomic E-state index is 13.0. The summed E-state index contributed by atoms with van der Waals surface area (Å²) in [5.41, 5.74) is 0.870. The van der Waals surface area contributed by atoms with Gasteiger partial charge in [0, 0.05) is 24.7 Å². The first-order valence-corrected chi connectivity index (χ1v) is 9.80. The summed E-state index contributed by atoms with van der Waals surface area (Å²) >= 11 is 0. The molecule has 1 fully saturated rings. The maximum atomic E-state index is 13.0. The molecule has 3 N–H and O–H groups in total. The van der Waals surface area contributed by atoms with Gasteiger partial charge in [0.05, 0.1) is 11.8 Å². The largest absolute Gasteiger partial charge is 0.444 e. The molecule has 158 valence electrons. The highest BCUT2D eigenvalue weighted by Crippen LogP contribution is 2.27. The molecule has 0 radical (unpaired) electrons. The lowest BCUT2D eigenvalue weighted by molar-refractivity contribution is 0.0467. The summed E-state index contributed by atoms with van der Waals surface area (Å²) in [6, 6.07) is 6.05. The van der Waals surface area contributed by atoms with Gasteiger partial charge < -0.3 is 20.7 Å². The predicted molar refractivity (Wildman–Crippen MR) is 114 cm³/mol. The minimum absolute atomic E-state index is 0.0847. The summed E-state index contributed by atoms with van der Waals surface area (Å²) in [6.07, 6.45) is 2.82. The second kappa shape index (κ2) is 8.99. The average molecular weight is 411 g/mol. The molecule has 1 saturated carbocycles. The Labute approximate surface area is 175 Å². The van der Waals surface area contributed by atoms with E-state index in [1.54, 1.807) is 25.4 Å². The van der Waals surface area contributed by atoms with Gasteiger partial charge in [-0.1, -0.05) is 11.8 Å². The van der Waals surface area contributed by atoms with E-state index in [1.807, 2.05) is 20.8 Å². The molecule has 1 aromatic heterocycles. The topological polar surface area (TPSA) is 88.2 Å². The molecule has 7 nitrogen and oxygen atoms in total. The van der Waals surface area contributed by atoms with Crippen molar-refractivity contribution in [3.8, 4) is 11.8 Å². The van der Waals surface area contributed by atoms with Gasteiger partial charge in [0.25, 0.3) is 0 Å². The number of anilines is 3. The molecule has 0 unspecified atom stereocenters. The predicted octanol–water partition coefficient (Wildman–Crippen LogP) is 4.06. The van der Waals surface area contributed by atoms with Crippen molar-refractivity contribution >= 4 is 23.5 Å². The number of nitrogens with one attached hydrogen (secondary N) is 3. The Morgan fingerprint density at radius 3 is 2.57 bits per heavy atom. The monoisotopic (exact) mass is 411 g/mol. The van der Waals surface area contributed by atoms with Crippen LogP contribution in [0.4, 0.5) is 26.6 Å². The number of carbonyl (C=O) groups excluding carboxylic acids is 1. The van der Waals surface area contributed by atoms with Crippen molar-refractivity contribution in [1.29, 1.82) is 0 Å². The first-order valence-electron chi connectivity index (χ1n) is 9.80.